The molecule has 0 saturated heterocycles. The van der Waals surface area contributed by atoms with Crippen LogP contribution in [-0.2, 0) is 13.2 Å². The fourth-order valence-corrected chi connectivity index (χ4v) is 2.25. The Labute approximate surface area is 124 Å². The number of nitrogens with zero attached hydrogens (tertiary/aromatic N) is 1. The summed E-state index contributed by atoms with van der Waals surface area (Å²) in [6.45, 7) is 0.937. The summed E-state index contributed by atoms with van der Waals surface area (Å²) in [7, 11) is 0. The zero-order valence-corrected chi connectivity index (χ0v) is 12.3. The van der Waals surface area contributed by atoms with Gasteiger partial charge in [-0.1, -0.05) is 21.1 Å². The summed E-state index contributed by atoms with van der Waals surface area (Å²) in [6.07, 6.45) is 2.48. The summed E-state index contributed by atoms with van der Waals surface area (Å²) in [5.41, 5.74) is 0.857. The van der Waals surface area contributed by atoms with Crippen molar-refractivity contribution in [2.45, 2.75) is 32.0 Å². The average molecular weight is 341 g/mol. The summed E-state index contributed by atoms with van der Waals surface area (Å²) in [6, 6.07) is 6.90. The Balaban J connectivity index is 1.54. The largest absolute Gasteiger partial charge is 0.485 e. The molecule has 1 aliphatic rings. The SMILES string of the molecule is Fc1cc(Br)cc(OCc2cc(CNC3CC3)no2)c1. The van der Waals surface area contributed by atoms with Crippen molar-refractivity contribution in [3.8, 4) is 5.75 Å². The summed E-state index contributed by atoms with van der Waals surface area (Å²) in [5.74, 6) is 0.727. The first-order valence-corrected chi connectivity index (χ1v) is 7.25. The second kappa shape index (κ2) is 5.93. The van der Waals surface area contributed by atoms with Gasteiger partial charge < -0.3 is 14.6 Å². The van der Waals surface area contributed by atoms with Gasteiger partial charge in [0, 0.05) is 29.2 Å². The Bertz CT molecular complexity index is 578. The Morgan fingerprint density at radius 1 is 1.35 bits per heavy atom. The molecule has 3 rings (SSSR count). The second-order valence-electron chi connectivity index (χ2n) is 4.83. The van der Waals surface area contributed by atoms with Gasteiger partial charge in [0.2, 0.25) is 0 Å². The maximum atomic E-state index is 13.2. The number of ether oxygens (including phenoxy) is 1. The van der Waals surface area contributed by atoms with Gasteiger partial charge in [0.25, 0.3) is 0 Å². The van der Waals surface area contributed by atoms with Gasteiger partial charge in [-0.25, -0.2) is 4.39 Å². The van der Waals surface area contributed by atoms with Crippen LogP contribution in [0.15, 0.2) is 33.3 Å². The number of rotatable bonds is 6. The number of halogens is 2. The lowest BCUT2D eigenvalue weighted by Gasteiger charge is -2.04. The molecule has 0 amide bonds. The van der Waals surface area contributed by atoms with E-state index in [0.717, 1.165) is 5.69 Å². The van der Waals surface area contributed by atoms with Crippen molar-refractivity contribution in [1.82, 2.24) is 10.5 Å². The molecule has 0 aliphatic heterocycles. The van der Waals surface area contributed by atoms with E-state index in [2.05, 4.69) is 26.4 Å². The van der Waals surface area contributed by atoms with Gasteiger partial charge in [0.05, 0.1) is 5.69 Å². The van der Waals surface area contributed by atoms with E-state index in [4.69, 9.17) is 9.26 Å². The van der Waals surface area contributed by atoms with Gasteiger partial charge in [0.1, 0.15) is 18.2 Å². The third kappa shape index (κ3) is 3.80. The Morgan fingerprint density at radius 3 is 2.95 bits per heavy atom. The van der Waals surface area contributed by atoms with Crippen LogP contribution in [0, 0.1) is 5.82 Å². The Morgan fingerprint density at radius 2 is 2.20 bits per heavy atom. The maximum absolute atomic E-state index is 13.2. The number of nitrogens with one attached hydrogen (secondary N) is 1. The van der Waals surface area contributed by atoms with E-state index in [-0.39, 0.29) is 12.4 Å². The Hall–Kier alpha value is -1.40. The van der Waals surface area contributed by atoms with Gasteiger partial charge in [-0.05, 0) is 25.0 Å². The lowest BCUT2D eigenvalue weighted by atomic mass is 10.3. The molecule has 1 aromatic heterocycles. The van der Waals surface area contributed by atoms with Gasteiger partial charge in [-0.2, -0.15) is 0 Å². The topological polar surface area (TPSA) is 47.3 Å². The van der Waals surface area contributed by atoms with E-state index in [0.29, 0.717) is 28.6 Å². The molecule has 1 fully saturated rings. The first-order valence-electron chi connectivity index (χ1n) is 6.46. The van der Waals surface area contributed by atoms with Crippen LogP contribution in [0.3, 0.4) is 0 Å². The molecule has 0 radical (unpaired) electrons. The van der Waals surface area contributed by atoms with Crippen LogP contribution in [0.2, 0.25) is 0 Å². The highest BCUT2D eigenvalue weighted by Crippen LogP contribution is 2.22. The van der Waals surface area contributed by atoms with E-state index in [9.17, 15) is 4.39 Å². The number of hydrogen-bond donors (Lipinski definition) is 1. The van der Waals surface area contributed by atoms with E-state index >= 15 is 0 Å². The van der Waals surface area contributed by atoms with E-state index < -0.39 is 0 Å². The van der Waals surface area contributed by atoms with Crippen molar-refractivity contribution in [2.75, 3.05) is 0 Å². The molecule has 106 valence electrons. The first-order chi connectivity index (χ1) is 9.69. The van der Waals surface area contributed by atoms with Gasteiger partial charge >= 0.3 is 0 Å². The minimum absolute atomic E-state index is 0.228. The first kappa shape index (κ1) is 13.6. The molecule has 1 aliphatic carbocycles. The molecule has 1 saturated carbocycles. The van der Waals surface area contributed by atoms with Crippen molar-refractivity contribution in [2.24, 2.45) is 0 Å². The number of hydrogen-bond acceptors (Lipinski definition) is 4. The van der Waals surface area contributed by atoms with Crippen molar-refractivity contribution in [1.29, 1.82) is 0 Å². The highest BCUT2D eigenvalue weighted by atomic mass is 79.9. The smallest absolute Gasteiger partial charge is 0.174 e. The molecule has 0 unspecified atom stereocenters. The van der Waals surface area contributed by atoms with E-state index in [1.165, 1.54) is 25.0 Å². The summed E-state index contributed by atoms with van der Waals surface area (Å²) in [4.78, 5) is 0. The number of aromatic nitrogens is 1. The van der Waals surface area contributed by atoms with Crippen LogP contribution in [0.4, 0.5) is 4.39 Å². The van der Waals surface area contributed by atoms with Crippen molar-refractivity contribution < 1.29 is 13.7 Å². The third-order valence-corrected chi connectivity index (χ3v) is 3.43. The third-order valence-electron chi connectivity index (χ3n) is 2.97. The van der Waals surface area contributed by atoms with Crippen molar-refractivity contribution in [3.63, 3.8) is 0 Å². The van der Waals surface area contributed by atoms with Crippen LogP contribution in [0.5, 0.6) is 5.75 Å². The minimum atomic E-state index is -0.346. The molecular formula is C14H14BrFN2O2. The summed E-state index contributed by atoms with van der Waals surface area (Å²) < 4.78 is 24.5. The lowest BCUT2D eigenvalue weighted by molar-refractivity contribution is 0.247. The van der Waals surface area contributed by atoms with Crippen LogP contribution in [0.1, 0.15) is 24.3 Å². The van der Waals surface area contributed by atoms with Crippen LogP contribution < -0.4 is 10.1 Å². The standard InChI is InChI=1S/C14H14BrFN2O2/c15-9-3-10(16)5-13(4-9)19-8-14-6-12(18-20-14)7-17-11-1-2-11/h3-6,11,17H,1-2,7-8H2. The summed E-state index contributed by atoms with van der Waals surface area (Å²) in [5, 5.41) is 7.32. The molecule has 4 nitrogen and oxygen atoms in total. The van der Waals surface area contributed by atoms with Crippen LogP contribution >= 0.6 is 15.9 Å². The zero-order valence-electron chi connectivity index (χ0n) is 10.7. The molecule has 0 atom stereocenters. The van der Waals surface area contributed by atoms with Gasteiger partial charge in [-0.3, -0.25) is 0 Å². The highest BCUT2D eigenvalue weighted by Gasteiger charge is 2.20. The molecule has 1 N–H and O–H groups in total. The normalized spacial score (nSPS) is 14.5. The van der Waals surface area contributed by atoms with Gasteiger partial charge in [-0.15, -0.1) is 0 Å². The van der Waals surface area contributed by atoms with Crippen molar-refractivity contribution >= 4 is 15.9 Å². The molecular weight excluding hydrogens is 327 g/mol. The molecule has 1 heterocycles. The number of benzene rings is 1. The Kier molecular flexibility index (Phi) is 4.03. The minimum Gasteiger partial charge on any atom is -0.485 e. The quantitative estimate of drug-likeness (QED) is 0.875. The second-order valence-corrected chi connectivity index (χ2v) is 5.75. The summed E-state index contributed by atoms with van der Waals surface area (Å²) >= 11 is 3.22. The van der Waals surface area contributed by atoms with E-state index in [1.54, 1.807) is 6.07 Å². The molecule has 20 heavy (non-hydrogen) atoms. The predicted molar refractivity (Wildman–Crippen MR) is 74.8 cm³/mol. The monoisotopic (exact) mass is 340 g/mol. The zero-order chi connectivity index (χ0) is 13.9. The molecule has 0 bridgehead atoms. The van der Waals surface area contributed by atoms with Crippen LogP contribution in [-0.4, -0.2) is 11.2 Å². The average Bonchev–Trinajstić information content (AvgIpc) is 3.12. The van der Waals surface area contributed by atoms with Gasteiger partial charge in [0.15, 0.2) is 5.76 Å². The molecule has 1 aromatic carbocycles. The van der Waals surface area contributed by atoms with Crippen molar-refractivity contribution in [3.05, 3.63) is 46.0 Å². The fraction of sp³-hybridized carbons (Fsp3) is 0.357. The fourth-order valence-electron chi connectivity index (χ4n) is 1.81. The lowest BCUT2D eigenvalue weighted by Crippen LogP contribution is -2.15. The van der Waals surface area contributed by atoms with E-state index in [1.807, 2.05) is 6.07 Å². The molecule has 6 heteroatoms. The molecule has 2 aromatic rings. The predicted octanol–water partition coefficient (Wildman–Crippen LogP) is 3.41. The highest BCUT2D eigenvalue weighted by molar-refractivity contribution is 9.10. The maximum Gasteiger partial charge on any atom is 0.174 e. The molecule has 0 spiro atoms. The van der Waals surface area contributed by atoms with Crippen LogP contribution in [0.25, 0.3) is 0 Å².